The van der Waals surface area contributed by atoms with Crippen LogP contribution < -0.4 is 0 Å². The minimum Gasteiger partial charge on any atom is -0.376 e. The number of rotatable bonds is 7. The molecule has 4 rings (SSSR count). The first-order chi connectivity index (χ1) is 13.3. The minimum atomic E-state index is 0.0767. The van der Waals surface area contributed by atoms with E-state index in [0.717, 1.165) is 24.1 Å². The maximum atomic E-state index is 12.4. The third kappa shape index (κ3) is 4.43. The molecule has 1 aromatic carbocycles. The second-order valence-electron chi connectivity index (χ2n) is 6.59. The van der Waals surface area contributed by atoms with Crippen LogP contribution >= 0.6 is 11.3 Å². The number of likely N-dealkylation sites (tertiary alicyclic amines) is 1. The number of nitrogens with zero attached hydrogens (tertiary/aromatic N) is 3. The van der Waals surface area contributed by atoms with E-state index in [9.17, 15) is 4.79 Å². The molecule has 7 heteroatoms. The predicted molar refractivity (Wildman–Crippen MR) is 102 cm³/mol. The topological polar surface area (TPSA) is 68.5 Å². The summed E-state index contributed by atoms with van der Waals surface area (Å²) in [6.07, 6.45) is 1.46. The van der Waals surface area contributed by atoms with Gasteiger partial charge in [-0.15, -0.1) is 0 Å². The number of amides is 1. The zero-order valence-corrected chi connectivity index (χ0v) is 15.7. The molecule has 1 saturated heterocycles. The molecular formula is C20H21N3O3S. The van der Waals surface area contributed by atoms with Crippen molar-refractivity contribution >= 4 is 17.2 Å². The first-order valence-electron chi connectivity index (χ1n) is 9.05. The van der Waals surface area contributed by atoms with Crippen molar-refractivity contribution in [1.82, 2.24) is 15.0 Å². The molecule has 2 aromatic heterocycles. The Hall–Kier alpha value is -2.51. The molecule has 3 aromatic rings. The van der Waals surface area contributed by atoms with Crippen LogP contribution in [0.25, 0.3) is 0 Å². The summed E-state index contributed by atoms with van der Waals surface area (Å²) in [6.45, 7) is 2.47. The summed E-state index contributed by atoms with van der Waals surface area (Å²) in [5.74, 6) is 1.46. The van der Waals surface area contributed by atoms with Crippen molar-refractivity contribution in [1.29, 1.82) is 0 Å². The van der Waals surface area contributed by atoms with E-state index in [4.69, 9.17) is 9.26 Å². The van der Waals surface area contributed by atoms with Crippen molar-refractivity contribution < 1.29 is 14.1 Å². The molecule has 1 unspecified atom stereocenters. The van der Waals surface area contributed by atoms with Crippen molar-refractivity contribution in [2.75, 3.05) is 19.7 Å². The fourth-order valence-electron chi connectivity index (χ4n) is 3.18. The van der Waals surface area contributed by atoms with Gasteiger partial charge in [0.1, 0.15) is 0 Å². The third-order valence-corrected chi connectivity index (χ3v) is 5.34. The second kappa shape index (κ2) is 8.45. The highest BCUT2D eigenvalue weighted by Crippen LogP contribution is 2.27. The molecule has 27 heavy (non-hydrogen) atoms. The molecule has 1 aliphatic heterocycles. The summed E-state index contributed by atoms with van der Waals surface area (Å²) in [6, 6.07) is 11.9. The molecule has 0 radical (unpaired) electrons. The standard InChI is InChI=1S/C20H21N3O3S/c24-20(17-8-11-27-14-17)23-9-6-16(12-23)19-21-18(22-26-19)7-10-25-13-15-4-2-1-3-5-15/h1-5,8,11,14,16H,6-7,9-10,12-13H2. The van der Waals surface area contributed by atoms with Crippen LogP contribution in [0.5, 0.6) is 0 Å². The number of carbonyl (C=O) groups excluding carboxylic acids is 1. The molecule has 140 valence electrons. The number of hydrogen-bond donors (Lipinski definition) is 0. The zero-order chi connectivity index (χ0) is 18.5. The molecule has 0 aliphatic carbocycles. The summed E-state index contributed by atoms with van der Waals surface area (Å²) in [5.41, 5.74) is 1.90. The van der Waals surface area contributed by atoms with E-state index in [1.807, 2.05) is 52.1 Å². The Balaban J connectivity index is 1.25. The summed E-state index contributed by atoms with van der Waals surface area (Å²) in [5, 5.41) is 7.86. The Kier molecular flexibility index (Phi) is 5.60. The van der Waals surface area contributed by atoms with Crippen LogP contribution in [0, 0.1) is 0 Å². The highest BCUT2D eigenvalue weighted by Gasteiger charge is 2.31. The van der Waals surface area contributed by atoms with Crippen LogP contribution in [0.15, 0.2) is 51.7 Å². The van der Waals surface area contributed by atoms with Gasteiger partial charge >= 0.3 is 0 Å². The van der Waals surface area contributed by atoms with Crippen LogP contribution in [0.2, 0.25) is 0 Å². The summed E-state index contributed by atoms with van der Waals surface area (Å²) in [4.78, 5) is 18.8. The molecule has 1 aliphatic rings. The molecule has 0 bridgehead atoms. The third-order valence-electron chi connectivity index (χ3n) is 4.66. The van der Waals surface area contributed by atoms with Gasteiger partial charge in [0, 0.05) is 24.9 Å². The zero-order valence-electron chi connectivity index (χ0n) is 14.9. The van der Waals surface area contributed by atoms with Gasteiger partial charge in [-0.3, -0.25) is 4.79 Å². The Morgan fingerprint density at radius 1 is 1.30 bits per heavy atom. The van der Waals surface area contributed by atoms with Crippen LogP contribution in [0.3, 0.4) is 0 Å². The monoisotopic (exact) mass is 383 g/mol. The first-order valence-corrected chi connectivity index (χ1v) is 9.99. The lowest BCUT2D eigenvalue weighted by Crippen LogP contribution is -2.28. The van der Waals surface area contributed by atoms with Crippen LogP contribution in [0.1, 0.15) is 40.0 Å². The fraction of sp³-hybridized carbons (Fsp3) is 0.350. The molecule has 0 N–H and O–H groups in total. The SMILES string of the molecule is O=C(c1ccsc1)N1CCC(c2nc(CCOCc3ccccc3)no2)C1. The molecule has 0 spiro atoms. The van der Waals surface area contributed by atoms with Gasteiger partial charge in [0.25, 0.3) is 5.91 Å². The quantitative estimate of drug-likeness (QED) is 0.584. The average Bonchev–Trinajstić information content (AvgIpc) is 3.47. The normalized spacial score (nSPS) is 16.7. The molecule has 6 nitrogen and oxygen atoms in total. The molecule has 1 amide bonds. The van der Waals surface area contributed by atoms with Crippen LogP contribution in [-0.2, 0) is 17.8 Å². The molecule has 1 fully saturated rings. The van der Waals surface area contributed by atoms with Crippen molar-refractivity contribution in [3.05, 3.63) is 70.0 Å². The van der Waals surface area contributed by atoms with Gasteiger partial charge in [-0.2, -0.15) is 16.3 Å². The van der Waals surface area contributed by atoms with Gasteiger partial charge in [-0.05, 0) is 23.4 Å². The Morgan fingerprint density at radius 3 is 3.00 bits per heavy atom. The van der Waals surface area contributed by atoms with Crippen molar-refractivity contribution in [3.63, 3.8) is 0 Å². The van der Waals surface area contributed by atoms with Gasteiger partial charge in [0.05, 0.1) is 24.7 Å². The van der Waals surface area contributed by atoms with Crippen molar-refractivity contribution in [2.24, 2.45) is 0 Å². The molecular weight excluding hydrogens is 362 g/mol. The number of thiophene rings is 1. The fourth-order valence-corrected chi connectivity index (χ4v) is 3.81. The van der Waals surface area contributed by atoms with E-state index in [2.05, 4.69) is 10.1 Å². The largest absolute Gasteiger partial charge is 0.376 e. The number of aromatic nitrogens is 2. The van der Waals surface area contributed by atoms with Gasteiger partial charge in [0.2, 0.25) is 5.89 Å². The van der Waals surface area contributed by atoms with E-state index in [1.54, 1.807) is 0 Å². The molecule has 0 saturated carbocycles. The summed E-state index contributed by atoms with van der Waals surface area (Å²) >= 11 is 1.53. The maximum Gasteiger partial charge on any atom is 0.254 e. The van der Waals surface area contributed by atoms with E-state index in [0.29, 0.717) is 37.9 Å². The first kappa shape index (κ1) is 17.9. The summed E-state index contributed by atoms with van der Waals surface area (Å²) in [7, 11) is 0. The number of benzene rings is 1. The van der Waals surface area contributed by atoms with Gasteiger partial charge in [-0.25, -0.2) is 0 Å². The number of ether oxygens (including phenoxy) is 1. The van der Waals surface area contributed by atoms with Crippen LogP contribution in [-0.4, -0.2) is 40.6 Å². The molecule has 3 heterocycles. The Bertz CT molecular complexity index is 864. The number of carbonyl (C=O) groups is 1. The lowest BCUT2D eigenvalue weighted by molar-refractivity contribution is 0.0790. The highest BCUT2D eigenvalue weighted by atomic mass is 32.1. The predicted octanol–water partition coefficient (Wildman–Crippen LogP) is 3.52. The van der Waals surface area contributed by atoms with Gasteiger partial charge in [-0.1, -0.05) is 35.5 Å². The van der Waals surface area contributed by atoms with Gasteiger partial charge < -0.3 is 14.2 Å². The van der Waals surface area contributed by atoms with Crippen LogP contribution in [0.4, 0.5) is 0 Å². The minimum absolute atomic E-state index is 0.0767. The smallest absolute Gasteiger partial charge is 0.254 e. The van der Waals surface area contributed by atoms with Crippen molar-refractivity contribution in [2.45, 2.75) is 25.4 Å². The van der Waals surface area contributed by atoms with E-state index in [1.165, 1.54) is 11.3 Å². The number of hydrogen-bond acceptors (Lipinski definition) is 6. The average molecular weight is 383 g/mol. The van der Waals surface area contributed by atoms with Crippen molar-refractivity contribution in [3.8, 4) is 0 Å². The van der Waals surface area contributed by atoms with Gasteiger partial charge in [0.15, 0.2) is 5.82 Å². The highest BCUT2D eigenvalue weighted by molar-refractivity contribution is 7.08. The molecule has 1 atom stereocenters. The van der Waals surface area contributed by atoms with E-state index in [-0.39, 0.29) is 11.8 Å². The van der Waals surface area contributed by atoms with E-state index < -0.39 is 0 Å². The lowest BCUT2D eigenvalue weighted by atomic mass is 10.1. The second-order valence-corrected chi connectivity index (χ2v) is 7.37. The van der Waals surface area contributed by atoms with E-state index >= 15 is 0 Å². The summed E-state index contributed by atoms with van der Waals surface area (Å²) < 4.78 is 11.1. The Morgan fingerprint density at radius 2 is 2.19 bits per heavy atom. The maximum absolute atomic E-state index is 12.4. The Labute approximate surface area is 161 Å². The lowest BCUT2D eigenvalue weighted by Gasteiger charge is -2.14.